The van der Waals surface area contributed by atoms with E-state index in [1.54, 1.807) is 23.5 Å². The number of fused-ring (bicyclic) bond motifs is 1. The predicted molar refractivity (Wildman–Crippen MR) is 115 cm³/mol. The number of nitrogens with zero attached hydrogens (tertiary/aromatic N) is 5. The fourth-order valence-electron chi connectivity index (χ4n) is 3.86. The standard InChI is InChI=1S/C23H20N6O/c30-23-27-20-9-1-2-10-21(20)29(23)22-17(6-3-13-26-22)16-28(18-7-4-11-24-14-18)19-8-5-12-25-15-19/h1-15,20-21H,16H2,(H,27,30). The molecule has 1 fully saturated rings. The fraction of sp³-hybridized carbons (Fsp3) is 0.130. The Morgan fingerprint density at radius 1 is 0.933 bits per heavy atom. The SMILES string of the molecule is O=C1NC2C=CC=CC2N1c1ncccc1CN(c1cccnc1)c1cccnc1. The minimum absolute atomic E-state index is 0.0508. The van der Waals surface area contributed by atoms with E-state index in [1.165, 1.54) is 0 Å². The van der Waals surface area contributed by atoms with Crippen LogP contribution in [0.25, 0.3) is 0 Å². The van der Waals surface area contributed by atoms with Gasteiger partial charge in [0.25, 0.3) is 0 Å². The highest BCUT2D eigenvalue weighted by Gasteiger charge is 2.39. The number of nitrogens with one attached hydrogen (secondary N) is 1. The normalized spacial score (nSPS) is 19.5. The number of allylic oxidation sites excluding steroid dienone is 2. The largest absolute Gasteiger partial charge is 0.334 e. The first-order valence-corrected chi connectivity index (χ1v) is 9.77. The van der Waals surface area contributed by atoms with E-state index in [2.05, 4.69) is 25.2 Å². The molecule has 4 heterocycles. The number of hydrogen-bond donors (Lipinski definition) is 1. The average molecular weight is 396 g/mol. The van der Waals surface area contributed by atoms with E-state index in [0.717, 1.165) is 16.9 Å². The van der Waals surface area contributed by atoms with Crippen LogP contribution >= 0.6 is 0 Å². The summed E-state index contributed by atoms with van der Waals surface area (Å²) in [7, 11) is 0. The monoisotopic (exact) mass is 396 g/mol. The molecule has 0 radical (unpaired) electrons. The van der Waals surface area contributed by atoms with Crippen molar-refractivity contribution in [3.05, 3.63) is 97.2 Å². The topological polar surface area (TPSA) is 74.2 Å². The summed E-state index contributed by atoms with van der Waals surface area (Å²) in [6.45, 7) is 0.515. The third kappa shape index (κ3) is 3.30. The third-order valence-corrected chi connectivity index (χ3v) is 5.25. The van der Waals surface area contributed by atoms with Crippen molar-refractivity contribution in [3.8, 4) is 0 Å². The molecular weight excluding hydrogens is 376 g/mol. The average Bonchev–Trinajstić information content (AvgIpc) is 3.14. The lowest BCUT2D eigenvalue weighted by Crippen LogP contribution is -2.37. The molecule has 7 nitrogen and oxygen atoms in total. The fourth-order valence-corrected chi connectivity index (χ4v) is 3.86. The van der Waals surface area contributed by atoms with Crippen LogP contribution in [0.1, 0.15) is 5.56 Å². The molecule has 30 heavy (non-hydrogen) atoms. The van der Waals surface area contributed by atoms with Crippen molar-refractivity contribution in [1.29, 1.82) is 0 Å². The van der Waals surface area contributed by atoms with Crippen molar-refractivity contribution in [2.45, 2.75) is 18.6 Å². The number of amides is 2. The minimum atomic E-state index is -0.143. The van der Waals surface area contributed by atoms with Crippen molar-refractivity contribution < 1.29 is 4.79 Å². The van der Waals surface area contributed by atoms with Crippen LogP contribution in [0.4, 0.5) is 22.0 Å². The molecule has 0 spiro atoms. The zero-order valence-corrected chi connectivity index (χ0v) is 16.2. The van der Waals surface area contributed by atoms with Crippen LogP contribution in [-0.2, 0) is 6.54 Å². The first-order chi connectivity index (χ1) is 14.8. The molecule has 2 amide bonds. The maximum Gasteiger partial charge on any atom is 0.324 e. The van der Waals surface area contributed by atoms with Crippen molar-refractivity contribution >= 4 is 23.2 Å². The lowest BCUT2D eigenvalue weighted by atomic mass is 10.0. The van der Waals surface area contributed by atoms with Gasteiger partial charge in [-0.15, -0.1) is 0 Å². The zero-order chi connectivity index (χ0) is 20.3. The highest BCUT2D eigenvalue weighted by atomic mass is 16.2. The van der Waals surface area contributed by atoms with Crippen LogP contribution in [0.3, 0.4) is 0 Å². The van der Waals surface area contributed by atoms with Gasteiger partial charge in [-0.3, -0.25) is 14.9 Å². The van der Waals surface area contributed by atoms with Gasteiger partial charge in [-0.05, 0) is 30.3 Å². The van der Waals surface area contributed by atoms with Crippen LogP contribution in [0, 0.1) is 0 Å². The number of aromatic nitrogens is 3. The highest BCUT2D eigenvalue weighted by molar-refractivity contribution is 5.96. The maximum atomic E-state index is 12.8. The second-order valence-corrected chi connectivity index (χ2v) is 7.10. The number of rotatable bonds is 5. The number of anilines is 3. The molecule has 2 aliphatic rings. The Morgan fingerprint density at radius 3 is 2.33 bits per heavy atom. The Kier molecular flexibility index (Phi) is 4.69. The summed E-state index contributed by atoms with van der Waals surface area (Å²) in [5, 5.41) is 3.02. The molecular formula is C23H20N6O. The molecule has 7 heteroatoms. The maximum absolute atomic E-state index is 12.8. The number of carbonyl (C=O) groups is 1. The molecule has 3 aromatic rings. The molecule has 1 N–H and O–H groups in total. The van der Waals surface area contributed by atoms with Gasteiger partial charge < -0.3 is 10.2 Å². The Morgan fingerprint density at radius 2 is 1.63 bits per heavy atom. The van der Waals surface area contributed by atoms with E-state index in [0.29, 0.717) is 12.4 Å². The summed E-state index contributed by atoms with van der Waals surface area (Å²) in [4.78, 5) is 29.8. The van der Waals surface area contributed by atoms with Gasteiger partial charge in [-0.25, -0.2) is 9.78 Å². The van der Waals surface area contributed by atoms with Crippen molar-refractivity contribution in [3.63, 3.8) is 0 Å². The van der Waals surface area contributed by atoms with Gasteiger partial charge in [0.05, 0.1) is 42.4 Å². The molecule has 1 aliphatic heterocycles. The Labute approximate surface area is 174 Å². The van der Waals surface area contributed by atoms with Crippen molar-refractivity contribution in [1.82, 2.24) is 20.3 Å². The van der Waals surface area contributed by atoms with Crippen LogP contribution in [-0.4, -0.2) is 33.1 Å². The quantitative estimate of drug-likeness (QED) is 0.713. The number of hydrogen-bond acceptors (Lipinski definition) is 5. The summed E-state index contributed by atoms with van der Waals surface area (Å²) < 4.78 is 0. The Bertz CT molecular complexity index is 1060. The number of urea groups is 1. The molecule has 0 saturated carbocycles. The molecule has 2 atom stereocenters. The lowest BCUT2D eigenvalue weighted by molar-refractivity contribution is 0.251. The lowest BCUT2D eigenvalue weighted by Gasteiger charge is -2.28. The van der Waals surface area contributed by atoms with Crippen molar-refractivity contribution in [2.75, 3.05) is 9.80 Å². The van der Waals surface area contributed by atoms with Crippen LogP contribution in [0.5, 0.6) is 0 Å². The predicted octanol–water partition coefficient (Wildman–Crippen LogP) is 3.60. The zero-order valence-electron chi connectivity index (χ0n) is 16.2. The molecule has 0 bridgehead atoms. The van der Waals surface area contributed by atoms with E-state index < -0.39 is 0 Å². The minimum Gasteiger partial charge on any atom is -0.334 e. The number of carbonyl (C=O) groups excluding carboxylic acids is 1. The van der Waals surface area contributed by atoms with E-state index >= 15 is 0 Å². The molecule has 3 aromatic heterocycles. The summed E-state index contributed by atoms with van der Waals surface area (Å²) in [5.41, 5.74) is 2.80. The molecule has 148 valence electrons. The molecule has 5 rings (SSSR count). The highest BCUT2D eigenvalue weighted by Crippen LogP contribution is 2.32. The molecule has 2 unspecified atom stereocenters. The number of pyridine rings is 3. The van der Waals surface area contributed by atoms with Gasteiger partial charge >= 0.3 is 6.03 Å². The summed E-state index contributed by atoms with van der Waals surface area (Å²) in [6.07, 6.45) is 16.8. The van der Waals surface area contributed by atoms with E-state index in [-0.39, 0.29) is 18.1 Å². The van der Waals surface area contributed by atoms with Gasteiger partial charge in [0, 0.05) is 24.2 Å². The Hall–Kier alpha value is -4.00. The van der Waals surface area contributed by atoms with Gasteiger partial charge in [0.1, 0.15) is 5.82 Å². The van der Waals surface area contributed by atoms with Gasteiger partial charge in [0.15, 0.2) is 0 Å². The van der Waals surface area contributed by atoms with E-state index in [9.17, 15) is 4.79 Å². The molecule has 1 aliphatic carbocycles. The second-order valence-electron chi connectivity index (χ2n) is 7.10. The van der Waals surface area contributed by atoms with Gasteiger partial charge in [0.2, 0.25) is 0 Å². The van der Waals surface area contributed by atoms with Crippen molar-refractivity contribution in [2.24, 2.45) is 0 Å². The molecule has 1 saturated heterocycles. The van der Waals surface area contributed by atoms with Gasteiger partial charge in [-0.1, -0.05) is 30.4 Å². The smallest absolute Gasteiger partial charge is 0.324 e. The summed E-state index contributed by atoms with van der Waals surface area (Å²) >= 11 is 0. The molecule has 0 aromatic carbocycles. The summed E-state index contributed by atoms with van der Waals surface area (Å²) in [6, 6.07) is 11.4. The van der Waals surface area contributed by atoms with Crippen LogP contribution in [0.15, 0.2) is 91.7 Å². The summed E-state index contributed by atoms with van der Waals surface area (Å²) in [5.74, 6) is 0.653. The van der Waals surface area contributed by atoms with E-state index in [1.807, 2.05) is 73.1 Å². The first kappa shape index (κ1) is 18.1. The van der Waals surface area contributed by atoms with Crippen LogP contribution < -0.4 is 15.1 Å². The Balaban J connectivity index is 1.54. The van der Waals surface area contributed by atoms with E-state index in [4.69, 9.17) is 0 Å². The first-order valence-electron chi connectivity index (χ1n) is 9.77. The van der Waals surface area contributed by atoms with Gasteiger partial charge in [-0.2, -0.15) is 0 Å². The van der Waals surface area contributed by atoms with Crippen LogP contribution in [0.2, 0.25) is 0 Å². The third-order valence-electron chi connectivity index (χ3n) is 5.25. The second kappa shape index (κ2) is 7.79.